The van der Waals surface area contributed by atoms with Crippen LogP contribution >= 0.6 is 0 Å². The minimum atomic E-state index is 0.0833. The molecular formula is C7H14O. The number of allylic oxidation sites excluding steroid dienone is 1. The summed E-state index contributed by atoms with van der Waals surface area (Å²) in [4.78, 5) is 0. The van der Waals surface area contributed by atoms with Gasteiger partial charge >= 0.3 is 0 Å². The average molecular weight is 114 g/mol. The van der Waals surface area contributed by atoms with Gasteiger partial charge in [0, 0.05) is 0 Å². The third kappa shape index (κ3) is 554. The van der Waals surface area contributed by atoms with Crippen molar-refractivity contribution in [3.63, 3.8) is 0 Å². The molecule has 8 heavy (non-hydrogen) atoms. The lowest BCUT2D eigenvalue weighted by molar-refractivity contribution is 0.343. The maximum absolute atomic E-state index is 7.76. The van der Waals surface area contributed by atoms with Crippen molar-refractivity contribution < 1.29 is 5.11 Å². The summed E-state index contributed by atoms with van der Waals surface area (Å²) in [7, 11) is 0. The van der Waals surface area contributed by atoms with Crippen molar-refractivity contribution in [1.82, 2.24) is 0 Å². The van der Waals surface area contributed by atoms with Crippen LogP contribution in [0.4, 0.5) is 0 Å². The monoisotopic (exact) mass is 114 g/mol. The Kier molecular flexibility index (Phi) is 12.6. The summed E-state index contributed by atoms with van der Waals surface area (Å²) in [6.07, 6.45) is 1.43. The fourth-order valence-corrected chi connectivity index (χ4v) is 0. The predicted molar refractivity (Wildman–Crippen MR) is 37.8 cm³/mol. The van der Waals surface area contributed by atoms with Crippen molar-refractivity contribution >= 4 is 0 Å². The van der Waals surface area contributed by atoms with Crippen molar-refractivity contribution in [2.45, 2.75) is 13.8 Å². The van der Waals surface area contributed by atoms with Gasteiger partial charge in [0.2, 0.25) is 0 Å². The minimum absolute atomic E-state index is 0.0833. The maximum Gasteiger partial charge on any atom is 0.0609 e. The fourth-order valence-electron chi connectivity index (χ4n) is 0. The van der Waals surface area contributed by atoms with E-state index in [4.69, 9.17) is 5.11 Å². The molecule has 0 aliphatic heterocycles. The van der Waals surface area contributed by atoms with Crippen LogP contribution in [0.5, 0.6) is 0 Å². The summed E-state index contributed by atoms with van der Waals surface area (Å²) in [5.74, 6) is 0. The lowest BCUT2D eigenvalue weighted by atomic mass is 10.4. The van der Waals surface area contributed by atoms with Crippen LogP contribution in [0.3, 0.4) is 0 Å². The highest BCUT2D eigenvalue weighted by atomic mass is 16.2. The van der Waals surface area contributed by atoms with E-state index in [2.05, 4.69) is 13.2 Å². The Morgan fingerprint density at radius 2 is 1.75 bits per heavy atom. The summed E-state index contributed by atoms with van der Waals surface area (Å²) in [6, 6.07) is 0. The van der Waals surface area contributed by atoms with Crippen LogP contribution < -0.4 is 0 Å². The van der Waals surface area contributed by atoms with Gasteiger partial charge in [0.05, 0.1) is 6.61 Å². The van der Waals surface area contributed by atoms with Crippen LogP contribution in [-0.4, -0.2) is 11.7 Å². The number of hydrogen-bond donors (Lipinski definition) is 1. The molecule has 0 aromatic rings. The molecule has 0 bridgehead atoms. The van der Waals surface area contributed by atoms with Gasteiger partial charge in [-0.25, -0.2) is 0 Å². The van der Waals surface area contributed by atoms with E-state index >= 15 is 0 Å². The van der Waals surface area contributed by atoms with Gasteiger partial charge in [-0.3, -0.25) is 0 Å². The van der Waals surface area contributed by atoms with Gasteiger partial charge in [0.25, 0.3) is 0 Å². The number of aliphatic hydroxyl groups is 1. The van der Waals surface area contributed by atoms with Crippen molar-refractivity contribution in [3.8, 4) is 0 Å². The Balaban J connectivity index is 0. The Labute approximate surface area is 51.3 Å². The molecule has 1 N–H and O–H groups in total. The zero-order chi connectivity index (χ0) is 6.99. The van der Waals surface area contributed by atoms with Crippen LogP contribution in [0.1, 0.15) is 13.8 Å². The standard InChI is InChI=1S/C4H8.C3H6O/c1-4(2)3;1-2-3-4/h1H2,2-3H3;2,4H,1,3H2. The zero-order valence-electron chi connectivity index (χ0n) is 5.65. The summed E-state index contributed by atoms with van der Waals surface area (Å²) in [5, 5.41) is 7.76. The molecule has 0 rings (SSSR count). The van der Waals surface area contributed by atoms with Crippen molar-refractivity contribution in [2.24, 2.45) is 0 Å². The molecule has 0 heterocycles. The lowest BCUT2D eigenvalue weighted by Crippen LogP contribution is -1.62. The van der Waals surface area contributed by atoms with Crippen LogP contribution in [0.2, 0.25) is 0 Å². The van der Waals surface area contributed by atoms with Crippen LogP contribution in [0, 0.1) is 0 Å². The van der Waals surface area contributed by atoms with E-state index in [1.54, 1.807) is 0 Å². The zero-order valence-corrected chi connectivity index (χ0v) is 5.65. The first-order chi connectivity index (χ1) is 3.65. The molecule has 0 fully saturated rings. The second kappa shape index (κ2) is 9.67. The largest absolute Gasteiger partial charge is 0.392 e. The second-order valence-electron chi connectivity index (χ2n) is 1.68. The van der Waals surface area contributed by atoms with E-state index in [-0.39, 0.29) is 6.61 Å². The van der Waals surface area contributed by atoms with Gasteiger partial charge in [-0.2, -0.15) is 0 Å². The summed E-state index contributed by atoms with van der Waals surface area (Å²) < 4.78 is 0. The molecule has 1 nitrogen and oxygen atoms in total. The first-order valence-electron chi connectivity index (χ1n) is 2.49. The van der Waals surface area contributed by atoms with E-state index in [0.29, 0.717) is 0 Å². The molecule has 0 saturated carbocycles. The van der Waals surface area contributed by atoms with E-state index in [1.165, 1.54) is 11.6 Å². The molecule has 0 saturated heterocycles. The molecule has 0 aliphatic carbocycles. The quantitative estimate of drug-likeness (QED) is 0.515. The minimum Gasteiger partial charge on any atom is -0.392 e. The van der Waals surface area contributed by atoms with Gasteiger partial charge in [-0.15, -0.1) is 13.2 Å². The highest BCUT2D eigenvalue weighted by Crippen LogP contribution is 1.73. The van der Waals surface area contributed by atoms with Gasteiger partial charge in [0.1, 0.15) is 0 Å². The van der Waals surface area contributed by atoms with E-state index in [9.17, 15) is 0 Å². The van der Waals surface area contributed by atoms with Crippen LogP contribution in [-0.2, 0) is 0 Å². The first-order valence-corrected chi connectivity index (χ1v) is 2.49. The average Bonchev–Trinajstić information content (AvgIpc) is 1.65. The van der Waals surface area contributed by atoms with E-state index < -0.39 is 0 Å². The van der Waals surface area contributed by atoms with Gasteiger partial charge in [-0.05, 0) is 13.8 Å². The SMILES string of the molecule is C=C(C)C.C=CCO. The van der Waals surface area contributed by atoms with E-state index in [1.807, 2.05) is 13.8 Å². The Morgan fingerprint density at radius 1 is 1.62 bits per heavy atom. The summed E-state index contributed by atoms with van der Waals surface area (Å²) in [5.41, 5.74) is 1.17. The van der Waals surface area contributed by atoms with Crippen LogP contribution in [0.25, 0.3) is 0 Å². The highest BCUT2D eigenvalue weighted by molar-refractivity contribution is 4.78. The number of hydrogen-bond acceptors (Lipinski definition) is 1. The molecule has 0 spiro atoms. The Morgan fingerprint density at radius 3 is 1.75 bits per heavy atom. The number of rotatable bonds is 1. The van der Waals surface area contributed by atoms with Crippen LogP contribution in [0.15, 0.2) is 24.8 Å². The molecule has 0 radical (unpaired) electrons. The Hall–Kier alpha value is -0.560. The van der Waals surface area contributed by atoms with E-state index in [0.717, 1.165) is 0 Å². The molecule has 0 unspecified atom stereocenters. The highest BCUT2D eigenvalue weighted by Gasteiger charge is 1.51. The third-order valence-electron chi connectivity index (χ3n) is 0.129. The second-order valence-corrected chi connectivity index (χ2v) is 1.68. The topological polar surface area (TPSA) is 20.2 Å². The van der Waals surface area contributed by atoms with Crippen molar-refractivity contribution in [3.05, 3.63) is 24.8 Å². The summed E-state index contributed by atoms with van der Waals surface area (Å²) >= 11 is 0. The molecule has 0 amide bonds. The van der Waals surface area contributed by atoms with Gasteiger partial charge < -0.3 is 5.11 Å². The Bertz CT molecular complexity index is 60.8. The third-order valence-corrected chi connectivity index (χ3v) is 0.129. The van der Waals surface area contributed by atoms with Crippen molar-refractivity contribution in [1.29, 1.82) is 0 Å². The molecule has 0 aromatic heterocycles. The molecule has 0 aromatic carbocycles. The molecule has 0 atom stereocenters. The number of aliphatic hydroxyl groups excluding tert-OH is 1. The summed E-state index contributed by atoms with van der Waals surface area (Å²) in [6.45, 7) is 10.8. The normalized spacial score (nSPS) is 6.38. The molecular weight excluding hydrogens is 100 g/mol. The lowest BCUT2D eigenvalue weighted by Gasteiger charge is -1.65. The predicted octanol–water partition coefficient (Wildman–Crippen LogP) is 1.75. The maximum atomic E-state index is 7.76. The van der Waals surface area contributed by atoms with Gasteiger partial charge in [0.15, 0.2) is 0 Å². The fraction of sp³-hybridized carbons (Fsp3) is 0.429. The smallest absolute Gasteiger partial charge is 0.0609 e. The molecule has 1 heteroatoms. The first kappa shape index (κ1) is 10.4. The molecule has 0 aliphatic rings. The molecule has 48 valence electrons. The van der Waals surface area contributed by atoms with Crippen molar-refractivity contribution in [2.75, 3.05) is 6.61 Å². The van der Waals surface area contributed by atoms with Gasteiger partial charge in [-0.1, -0.05) is 11.6 Å².